The summed E-state index contributed by atoms with van der Waals surface area (Å²) in [6.07, 6.45) is 0. The molecule has 0 bridgehead atoms. The number of amides is 1. The lowest BCUT2D eigenvalue weighted by Gasteiger charge is -2.40. The molecule has 154 valence electrons. The summed E-state index contributed by atoms with van der Waals surface area (Å²) in [4.78, 5) is 30.1. The highest BCUT2D eigenvalue weighted by Gasteiger charge is 2.32. The summed E-state index contributed by atoms with van der Waals surface area (Å²) in [7, 11) is 2.04. The zero-order valence-corrected chi connectivity index (χ0v) is 17.7. The molecule has 0 unspecified atom stereocenters. The summed E-state index contributed by atoms with van der Waals surface area (Å²) < 4.78 is 1.61. The number of benzene rings is 2. The van der Waals surface area contributed by atoms with E-state index in [1.54, 1.807) is 28.6 Å². The van der Waals surface area contributed by atoms with Gasteiger partial charge in [-0.15, -0.1) is 0 Å². The van der Waals surface area contributed by atoms with Crippen molar-refractivity contribution in [3.05, 3.63) is 92.9 Å². The molecule has 30 heavy (non-hydrogen) atoms. The van der Waals surface area contributed by atoms with Crippen molar-refractivity contribution in [2.45, 2.75) is 13.0 Å². The number of carbonyl (C=O) groups is 1. The molecule has 0 radical (unpaired) electrons. The molecule has 2 aromatic carbocycles. The van der Waals surface area contributed by atoms with Crippen LogP contribution in [0.15, 0.2) is 65.5 Å². The number of carbonyl (C=O) groups excluding carboxylic acids is 1. The second-order valence-corrected chi connectivity index (χ2v) is 8.01. The average molecular weight is 423 g/mol. The van der Waals surface area contributed by atoms with Gasteiger partial charge in [0, 0.05) is 36.4 Å². The molecular weight excluding hydrogens is 400 g/mol. The zero-order chi connectivity index (χ0) is 21.3. The predicted molar refractivity (Wildman–Crippen MR) is 117 cm³/mol. The van der Waals surface area contributed by atoms with Crippen molar-refractivity contribution < 1.29 is 4.79 Å². The molecule has 1 aliphatic heterocycles. The van der Waals surface area contributed by atoms with Gasteiger partial charge in [0.2, 0.25) is 5.43 Å². The maximum atomic E-state index is 13.5. The van der Waals surface area contributed by atoms with Gasteiger partial charge < -0.3 is 9.80 Å². The lowest BCUT2D eigenvalue weighted by Crippen LogP contribution is -2.50. The fourth-order valence-electron chi connectivity index (χ4n) is 3.80. The summed E-state index contributed by atoms with van der Waals surface area (Å²) in [6.45, 7) is 3.77. The minimum Gasteiger partial charge on any atom is -0.328 e. The normalized spacial score (nSPS) is 17.2. The second-order valence-electron chi connectivity index (χ2n) is 7.57. The topological polar surface area (TPSA) is 58.4 Å². The number of aromatic nitrogens is 2. The van der Waals surface area contributed by atoms with Crippen LogP contribution >= 0.6 is 11.6 Å². The molecule has 0 aliphatic carbocycles. The van der Waals surface area contributed by atoms with Crippen molar-refractivity contribution in [1.29, 1.82) is 0 Å². The third-order valence-electron chi connectivity index (χ3n) is 5.41. The number of hydrogen-bond acceptors (Lipinski definition) is 4. The minimum absolute atomic E-state index is 0.0685. The van der Waals surface area contributed by atoms with E-state index in [9.17, 15) is 9.59 Å². The first kappa shape index (κ1) is 20.3. The molecule has 6 nitrogen and oxygen atoms in total. The third kappa shape index (κ3) is 4.01. The van der Waals surface area contributed by atoms with E-state index in [4.69, 9.17) is 11.6 Å². The lowest BCUT2D eigenvalue weighted by molar-refractivity contribution is 0.0489. The molecule has 1 atom stereocenters. The van der Waals surface area contributed by atoms with Crippen molar-refractivity contribution in [3.63, 3.8) is 0 Å². The van der Waals surface area contributed by atoms with E-state index < -0.39 is 0 Å². The van der Waals surface area contributed by atoms with Crippen LogP contribution in [0.4, 0.5) is 0 Å². The molecule has 0 N–H and O–H groups in total. The Labute approximate surface area is 180 Å². The van der Waals surface area contributed by atoms with Crippen LogP contribution < -0.4 is 5.43 Å². The number of halogens is 1. The molecule has 1 aromatic heterocycles. The van der Waals surface area contributed by atoms with Gasteiger partial charge in [-0.1, -0.05) is 41.9 Å². The van der Waals surface area contributed by atoms with Crippen molar-refractivity contribution in [2.24, 2.45) is 0 Å². The van der Waals surface area contributed by atoms with Crippen LogP contribution in [-0.4, -0.2) is 52.2 Å². The summed E-state index contributed by atoms with van der Waals surface area (Å²) in [5.41, 5.74) is 2.00. The smallest absolute Gasteiger partial charge is 0.279 e. The van der Waals surface area contributed by atoms with E-state index in [1.165, 1.54) is 6.07 Å². The summed E-state index contributed by atoms with van der Waals surface area (Å²) in [5.74, 6) is -0.343. The summed E-state index contributed by atoms with van der Waals surface area (Å²) in [5, 5.41) is 5.06. The Balaban J connectivity index is 1.74. The number of nitrogens with zero attached hydrogens (tertiary/aromatic N) is 4. The average Bonchev–Trinajstić information content (AvgIpc) is 2.75. The molecule has 1 amide bonds. The highest BCUT2D eigenvalue weighted by molar-refractivity contribution is 6.30. The number of aryl methyl sites for hydroxylation is 1. The lowest BCUT2D eigenvalue weighted by atomic mass is 10.0. The third-order valence-corrected chi connectivity index (χ3v) is 5.66. The Kier molecular flexibility index (Phi) is 5.70. The molecule has 1 saturated heterocycles. The van der Waals surface area contributed by atoms with Gasteiger partial charge in [0.1, 0.15) is 0 Å². The summed E-state index contributed by atoms with van der Waals surface area (Å²) in [6, 6.07) is 18.4. The second kappa shape index (κ2) is 8.42. The van der Waals surface area contributed by atoms with Crippen molar-refractivity contribution >= 4 is 17.5 Å². The largest absolute Gasteiger partial charge is 0.328 e. The van der Waals surface area contributed by atoms with E-state index in [-0.39, 0.29) is 23.1 Å². The first-order chi connectivity index (χ1) is 14.4. The van der Waals surface area contributed by atoms with Crippen LogP contribution in [0, 0.1) is 6.92 Å². The van der Waals surface area contributed by atoms with Gasteiger partial charge in [-0.3, -0.25) is 9.59 Å². The van der Waals surface area contributed by atoms with Gasteiger partial charge in [-0.2, -0.15) is 5.10 Å². The molecule has 2 heterocycles. The quantitative estimate of drug-likeness (QED) is 0.649. The maximum absolute atomic E-state index is 13.5. The van der Waals surface area contributed by atoms with E-state index in [0.29, 0.717) is 23.8 Å². The van der Waals surface area contributed by atoms with Crippen LogP contribution in [0.5, 0.6) is 0 Å². The van der Waals surface area contributed by atoms with Crippen LogP contribution in [0.3, 0.4) is 0 Å². The zero-order valence-electron chi connectivity index (χ0n) is 17.0. The van der Waals surface area contributed by atoms with Crippen molar-refractivity contribution in [2.75, 3.05) is 26.7 Å². The Morgan fingerprint density at radius 2 is 1.77 bits per heavy atom. The molecule has 0 saturated carbocycles. The van der Waals surface area contributed by atoms with Crippen LogP contribution in [0.1, 0.15) is 27.8 Å². The number of likely N-dealkylation sites (N-methyl/N-ethyl adjacent to an activating group) is 1. The number of piperazine rings is 1. The first-order valence-electron chi connectivity index (χ1n) is 9.85. The highest BCUT2D eigenvalue weighted by atomic mass is 35.5. The molecule has 1 fully saturated rings. The number of rotatable bonds is 3. The van der Waals surface area contributed by atoms with E-state index in [2.05, 4.69) is 10.00 Å². The Bertz CT molecular complexity index is 1110. The number of hydrogen-bond donors (Lipinski definition) is 0. The van der Waals surface area contributed by atoms with Gasteiger partial charge in [0.25, 0.3) is 5.91 Å². The Morgan fingerprint density at radius 3 is 2.47 bits per heavy atom. The monoisotopic (exact) mass is 422 g/mol. The highest BCUT2D eigenvalue weighted by Crippen LogP contribution is 2.26. The predicted octanol–water partition coefficient (Wildman–Crippen LogP) is 3.32. The molecule has 3 aromatic rings. The molecule has 4 rings (SSSR count). The SMILES string of the molecule is Cc1cc(=O)c(C(=O)N2CCN(C)C[C@H]2c2ccccc2)nn1-c1ccc(Cl)cc1. The van der Waals surface area contributed by atoms with Crippen LogP contribution in [-0.2, 0) is 0 Å². The van der Waals surface area contributed by atoms with Gasteiger partial charge in [-0.25, -0.2) is 4.68 Å². The minimum atomic E-state index is -0.367. The standard InChI is InChI=1S/C23H23ClN4O2/c1-16-14-21(29)22(25-28(16)19-10-8-18(24)9-11-19)23(30)27-13-12-26(2)15-20(27)17-6-4-3-5-7-17/h3-11,14,20H,12-13,15H2,1-2H3/t20-/m0/s1. The Morgan fingerprint density at radius 1 is 1.07 bits per heavy atom. The van der Waals surface area contributed by atoms with Gasteiger partial charge >= 0.3 is 0 Å². The van der Waals surface area contributed by atoms with Gasteiger partial charge in [0.05, 0.1) is 11.7 Å². The summed E-state index contributed by atoms with van der Waals surface area (Å²) >= 11 is 5.99. The Hall–Kier alpha value is -2.96. The molecule has 7 heteroatoms. The maximum Gasteiger partial charge on any atom is 0.279 e. The molecular formula is C23H23ClN4O2. The van der Waals surface area contributed by atoms with E-state index in [1.807, 2.05) is 49.5 Å². The molecule has 0 spiro atoms. The molecule has 1 aliphatic rings. The fourth-order valence-corrected chi connectivity index (χ4v) is 3.92. The van der Waals surface area contributed by atoms with Gasteiger partial charge in [0.15, 0.2) is 5.69 Å². The van der Waals surface area contributed by atoms with Crippen molar-refractivity contribution in [1.82, 2.24) is 19.6 Å². The van der Waals surface area contributed by atoms with Gasteiger partial charge in [-0.05, 0) is 43.8 Å². The van der Waals surface area contributed by atoms with Crippen LogP contribution in [0.25, 0.3) is 5.69 Å². The first-order valence-corrected chi connectivity index (χ1v) is 10.2. The fraction of sp³-hybridized carbons (Fsp3) is 0.261. The van der Waals surface area contributed by atoms with Crippen LogP contribution in [0.2, 0.25) is 5.02 Å². The van der Waals surface area contributed by atoms with E-state index >= 15 is 0 Å². The van der Waals surface area contributed by atoms with Crippen molar-refractivity contribution in [3.8, 4) is 5.69 Å². The van der Waals surface area contributed by atoms with E-state index in [0.717, 1.165) is 17.8 Å².